The minimum absolute atomic E-state index is 0.0234. The van der Waals surface area contributed by atoms with Crippen molar-refractivity contribution < 1.29 is 9.59 Å². The molecule has 1 saturated carbocycles. The molecule has 0 aromatic carbocycles. The average molecular weight is 362 g/mol. The fraction of sp³-hybridized carbons (Fsp3) is 0.611. The smallest absolute Gasteiger partial charge is 0.322 e. The number of aromatic nitrogens is 1. The van der Waals surface area contributed by atoms with E-state index in [0.717, 1.165) is 40.6 Å². The Hall–Kier alpha value is -1.76. The number of urea groups is 1. The van der Waals surface area contributed by atoms with Crippen LogP contribution in [0.1, 0.15) is 43.4 Å². The monoisotopic (exact) mass is 362 g/mol. The van der Waals surface area contributed by atoms with Crippen LogP contribution in [0.2, 0.25) is 0 Å². The quantitative estimate of drug-likeness (QED) is 0.864. The van der Waals surface area contributed by atoms with E-state index in [1.807, 2.05) is 19.9 Å². The standard InChI is InChI=1S/C18H26N4O2S/c1-12-11-13(2)20-17-16(12)22(9-10-25-17)18(24)19-8-7-15(23)21-14-5-3-4-6-14/h11,14H,3-10H2,1-2H3,(H,19,24)(H,21,23). The molecule has 0 unspecified atom stereocenters. The molecule has 0 bridgehead atoms. The molecule has 1 aliphatic heterocycles. The zero-order valence-electron chi connectivity index (χ0n) is 14.9. The molecule has 2 heterocycles. The summed E-state index contributed by atoms with van der Waals surface area (Å²) in [7, 11) is 0. The van der Waals surface area contributed by atoms with E-state index in [9.17, 15) is 9.59 Å². The Bertz CT molecular complexity index is 659. The van der Waals surface area contributed by atoms with Crippen molar-refractivity contribution in [3.63, 3.8) is 0 Å². The molecule has 3 rings (SSSR count). The van der Waals surface area contributed by atoms with Gasteiger partial charge in [0.25, 0.3) is 0 Å². The van der Waals surface area contributed by atoms with Crippen LogP contribution in [0.3, 0.4) is 0 Å². The number of aryl methyl sites for hydroxylation is 2. The molecule has 0 atom stereocenters. The summed E-state index contributed by atoms with van der Waals surface area (Å²) in [5.74, 6) is 0.855. The van der Waals surface area contributed by atoms with E-state index in [2.05, 4.69) is 15.6 Å². The van der Waals surface area contributed by atoms with Gasteiger partial charge >= 0.3 is 6.03 Å². The van der Waals surface area contributed by atoms with Crippen LogP contribution in [0.15, 0.2) is 11.1 Å². The Balaban J connectivity index is 1.53. The summed E-state index contributed by atoms with van der Waals surface area (Å²) in [6.07, 6.45) is 4.86. The van der Waals surface area contributed by atoms with Crippen LogP contribution in [0.25, 0.3) is 0 Å². The highest BCUT2D eigenvalue weighted by atomic mass is 32.2. The summed E-state index contributed by atoms with van der Waals surface area (Å²) in [6.45, 7) is 4.99. The summed E-state index contributed by atoms with van der Waals surface area (Å²) >= 11 is 1.69. The molecular formula is C18H26N4O2S. The zero-order valence-corrected chi connectivity index (χ0v) is 15.7. The first-order chi connectivity index (χ1) is 12.0. The molecule has 2 N–H and O–H groups in total. The number of hydrogen-bond acceptors (Lipinski definition) is 4. The molecule has 1 aromatic heterocycles. The maximum atomic E-state index is 12.6. The number of hydrogen-bond donors (Lipinski definition) is 2. The normalized spacial score (nSPS) is 17.3. The van der Waals surface area contributed by atoms with Crippen molar-refractivity contribution in [2.24, 2.45) is 0 Å². The van der Waals surface area contributed by atoms with Gasteiger partial charge in [-0.3, -0.25) is 9.69 Å². The second kappa shape index (κ2) is 8.08. The van der Waals surface area contributed by atoms with Gasteiger partial charge in [-0.2, -0.15) is 0 Å². The Kier molecular flexibility index (Phi) is 5.83. The van der Waals surface area contributed by atoms with Gasteiger partial charge in [-0.1, -0.05) is 12.8 Å². The summed E-state index contributed by atoms with van der Waals surface area (Å²) in [6, 6.07) is 2.18. The van der Waals surface area contributed by atoms with Crippen LogP contribution in [0, 0.1) is 13.8 Å². The van der Waals surface area contributed by atoms with Crippen molar-refractivity contribution in [2.45, 2.75) is 57.0 Å². The second-order valence-corrected chi connectivity index (χ2v) is 7.85. The molecular weight excluding hydrogens is 336 g/mol. The molecule has 3 amide bonds. The lowest BCUT2D eigenvalue weighted by atomic mass is 10.2. The van der Waals surface area contributed by atoms with Gasteiger partial charge in [-0.05, 0) is 38.3 Å². The number of nitrogens with zero attached hydrogens (tertiary/aromatic N) is 2. The zero-order chi connectivity index (χ0) is 17.8. The number of anilines is 1. The highest BCUT2D eigenvalue weighted by Gasteiger charge is 2.26. The molecule has 0 saturated heterocycles. The van der Waals surface area contributed by atoms with Crippen molar-refractivity contribution in [3.8, 4) is 0 Å². The number of carbonyl (C=O) groups excluding carboxylic acids is 2. The average Bonchev–Trinajstić information content (AvgIpc) is 3.06. The van der Waals surface area contributed by atoms with Gasteiger partial charge in [-0.15, -0.1) is 11.8 Å². The van der Waals surface area contributed by atoms with Crippen LogP contribution in [-0.4, -0.2) is 41.8 Å². The predicted molar refractivity (Wildman–Crippen MR) is 100 cm³/mol. The fourth-order valence-electron chi connectivity index (χ4n) is 3.52. The van der Waals surface area contributed by atoms with E-state index in [4.69, 9.17) is 0 Å². The summed E-state index contributed by atoms with van der Waals surface area (Å²) in [4.78, 5) is 30.8. The minimum Gasteiger partial charge on any atom is -0.353 e. The molecule has 0 spiro atoms. The van der Waals surface area contributed by atoms with Crippen LogP contribution < -0.4 is 15.5 Å². The van der Waals surface area contributed by atoms with Gasteiger partial charge in [-0.25, -0.2) is 9.78 Å². The maximum absolute atomic E-state index is 12.6. The van der Waals surface area contributed by atoms with Gasteiger partial charge < -0.3 is 10.6 Å². The van der Waals surface area contributed by atoms with Crippen molar-refractivity contribution in [2.75, 3.05) is 23.7 Å². The lowest BCUT2D eigenvalue weighted by molar-refractivity contribution is -0.121. The third kappa shape index (κ3) is 4.45. The number of nitrogens with one attached hydrogen (secondary N) is 2. The van der Waals surface area contributed by atoms with E-state index in [1.165, 1.54) is 12.8 Å². The lowest BCUT2D eigenvalue weighted by Crippen LogP contribution is -2.44. The third-order valence-corrected chi connectivity index (χ3v) is 5.64. The second-order valence-electron chi connectivity index (χ2n) is 6.77. The van der Waals surface area contributed by atoms with Crippen LogP contribution in [0.5, 0.6) is 0 Å². The van der Waals surface area contributed by atoms with Crippen molar-refractivity contribution in [3.05, 3.63) is 17.3 Å². The first-order valence-electron chi connectivity index (χ1n) is 9.00. The van der Waals surface area contributed by atoms with Crippen LogP contribution in [0.4, 0.5) is 10.5 Å². The summed E-state index contributed by atoms with van der Waals surface area (Å²) < 4.78 is 0. The number of carbonyl (C=O) groups is 2. The molecule has 2 aliphatic rings. The number of amides is 3. The predicted octanol–water partition coefficient (Wildman–Crippen LogP) is 2.77. The Morgan fingerprint density at radius 3 is 2.84 bits per heavy atom. The molecule has 1 aliphatic carbocycles. The number of rotatable bonds is 4. The summed E-state index contributed by atoms with van der Waals surface area (Å²) in [5, 5.41) is 6.84. The lowest BCUT2D eigenvalue weighted by Gasteiger charge is -2.30. The molecule has 25 heavy (non-hydrogen) atoms. The Morgan fingerprint density at radius 1 is 1.32 bits per heavy atom. The molecule has 1 fully saturated rings. The number of thioether (sulfide) groups is 1. The van der Waals surface area contributed by atoms with Gasteiger partial charge in [0.15, 0.2) is 0 Å². The first kappa shape index (κ1) is 18.0. The van der Waals surface area contributed by atoms with E-state index < -0.39 is 0 Å². The van der Waals surface area contributed by atoms with Gasteiger partial charge in [0.1, 0.15) is 5.03 Å². The highest BCUT2D eigenvalue weighted by molar-refractivity contribution is 7.99. The molecule has 0 radical (unpaired) electrons. The molecule has 7 heteroatoms. The fourth-order valence-corrected chi connectivity index (χ4v) is 4.61. The molecule has 6 nitrogen and oxygen atoms in total. The maximum Gasteiger partial charge on any atom is 0.322 e. The summed E-state index contributed by atoms with van der Waals surface area (Å²) in [5.41, 5.74) is 2.92. The minimum atomic E-state index is -0.149. The van der Waals surface area contributed by atoms with Crippen LogP contribution >= 0.6 is 11.8 Å². The van der Waals surface area contributed by atoms with E-state index in [-0.39, 0.29) is 11.9 Å². The Labute approximate surface area is 153 Å². The van der Waals surface area contributed by atoms with Crippen molar-refractivity contribution >= 4 is 29.4 Å². The van der Waals surface area contributed by atoms with E-state index in [1.54, 1.807) is 16.7 Å². The SMILES string of the molecule is Cc1cc(C)c2c(n1)SCCN2C(=O)NCCC(=O)NC1CCCC1. The van der Waals surface area contributed by atoms with Gasteiger partial charge in [0.05, 0.1) is 5.69 Å². The first-order valence-corrected chi connectivity index (χ1v) is 9.99. The molecule has 1 aromatic rings. The highest BCUT2D eigenvalue weighted by Crippen LogP contribution is 2.36. The molecule has 136 valence electrons. The number of pyridine rings is 1. The van der Waals surface area contributed by atoms with Gasteiger partial charge in [0.2, 0.25) is 5.91 Å². The number of fused-ring (bicyclic) bond motifs is 1. The van der Waals surface area contributed by atoms with Crippen LogP contribution in [-0.2, 0) is 4.79 Å². The van der Waals surface area contributed by atoms with Crippen molar-refractivity contribution in [1.29, 1.82) is 0 Å². The Morgan fingerprint density at radius 2 is 2.08 bits per heavy atom. The van der Waals surface area contributed by atoms with E-state index >= 15 is 0 Å². The third-order valence-electron chi connectivity index (χ3n) is 4.70. The van der Waals surface area contributed by atoms with E-state index in [0.29, 0.717) is 25.6 Å². The van der Waals surface area contributed by atoms with Crippen molar-refractivity contribution in [1.82, 2.24) is 15.6 Å². The van der Waals surface area contributed by atoms with Gasteiger partial charge in [0, 0.05) is 37.0 Å². The topological polar surface area (TPSA) is 74.3 Å². The largest absolute Gasteiger partial charge is 0.353 e.